The number of hydrogen-bond donors (Lipinski definition) is 1. The number of ketones is 1. The molecular formula is C22H24N2O3S. The summed E-state index contributed by atoms with van der Waals surface area (Å²) >= 11 is 4.09. The summed E-state index contributed by atoms with van der Waals surface area (Å²) in [5.41, 5.74) is 1.54. The van der Waals surface area contributed by atoms with E-state index < -0.39 is 5.41 Å². The number of carbonyl (C=O) groups is 2. The van der Waals surface area contributed by atoms with Crippen molar-refractivity contribution in [1.29, 1.82) is 0 Å². The van der Waals surface area contributed by atoms with Crippen LogP contribution in [-0.2, 0) is 11.2 Å². The number of carbonyl (C=O) groups excluding carboxylic acids is 2. The standard InChI is InChI=1S/C22H24N2O3S/c1-22(2)19(12-15-7-9-18(27-3)10-8-15)24(21(26)28)14-16(20(22)25)13-17-6-4-5-11-23-17/h4-11,13,19H,12,14H2,1-3H3,(H,26,28)/b16-13-. The Kier molecular flexibility index (Phi) is 5.89. The number of nitrogens with zero attached hydrogens (tertiary/aromatic N) is 2. The van der Waals surface area contributed by atoms with Gasteiger partial charge in [-0.2, -0.15) is 0 Å². The van der Waals surface area contributed by atoms with Gasteiger partial charge in [-0.15, -0.1) is 0 Å². The Bertz CT molecular complexity index is 892. The second-order valence-electron chi connectivity index (χ2n) is 7.45. The highest BCUT2D eigenvalue weighted by molar-refractivity contribution is 7.96. The second kappa shape index (κ2) is 8.19. The number of thiol groups is 1. The second-order valence-corrected chi connectivity index (χ2v) is 7.84. The highest BCUT2D eigenvalue weighted by Crippen LogP contribution is 2.38. The molecule has 0 radical (unpaired) electrons. The third kappa shape index (κ3) is 4.12. The fourth-order valence-electron chi connectivity index (χ4n) is 3.62. The maximum atomic E-state index is 13.2. The Labute approximate surface area is 170 Å². The van der Waals surface area contributed by atoms with Crippen LogP contribution in [0.2, 0.25) is 0 Å². The van der Waals surface area contributed by atoms with Crippen molar-refractivity contribution in [3.8, 4) is 5.75 Å². The highest BCUT2D eigenvalue weighted by Gasteiger charge is 2.47. The van der Waals surface area contributed by atoms with Gasteiger partial charge in [-0.1, -0.05) is 44.7 Å². The van der Waals surface area contributed by atoms with Crippen LogP contribution in [0.3, 0.4) is 0 Å². The Balaban J connectivity index is 1.93. The number of methoxy groups -OCH3 is 1. The molecular weight excluding hydrogens is 372 g/mol. The van der Waals surface area contributed by atoms with Gasteiger partial charge in [0.25, 0.3) is 5.24 Å². The molecule has 28 heavy (non-hydrogen) atoms. The van der Waals surface area contributed by atoms with Crippen molar-refractivity contribution in [2.24, 2.45) is 5.41 Å². The van der Waals surface area contributed by atoms with Crippen LogP contribution in [-0.4, -0.2) is 40.6 Å². The minimum atomic E-state index is -0.753. The number of piperidine rings is 1. The van der Waals surface area contributed by atoms with E-state index in [0.717, 1.165) is 11.3 Å². The molecule has 2 aromatic rings. The van der Waals surface area contributed by atoms with Crippen molar-refractivity contribution in [2.45, 2.75) is 26.3 Å². The van der Waals surface area contributed by atoms with Gasteiger partial charge in [0.05, 0.1) is 19.3 Å². The van der Waals surface area contributed by atoms with E-state index in [4.69, 9.17) is 4.74 Å². The third-order valence-electron chi connectivity index (χ3n) is 5.27. The third-order valence-corrected chi connectivity index (χ3v) is 5.53. The summed E-state index contributed by atoms with van der Waals surface area (Å²) in [5.74, 6) is 0.799. The van der Waals surface area contributed by atoms with Crippen molar-refractivity contribution < 1.29 is 14.3 Å². The molecule has 1 amide bonds. The molecule has 0 aliphatic carbocycles. The van der Waals surface area contributed by atoms with E-state index in [1.807, 2.05) is 56.3 Å². The number of Topliss-reactive ketones (excluding diaryl/α,β-unsaturated/α-hetero) is 1. The maximum absolute atomic E-state index is 13.2. The van der Waals surface area contributed by atoms with Crippen LogP contribution in [0.15, 0.2) is 54.2 Å². The summed E-state index contributed by atoms with van der Waals surface area (Å²) in [4.78, 5) is 31.5. The molecule has 5 nitrogen and oxygen atoms in total. The number of amides is 1. The van der Waals surface area contributed by atoms with Crippen LogP contribution < -0.4 is 4.74 Å². The number of pyridine rings is 1. The van der Waals surface area contributed by atoms with E-state index in [1.54, 1.807) is 24.3 Å². The first-order chi connectivity index (χ1) is 13.3. The fraction of sp³-hybridized carbons (Fsp3) is 0.318. The smallest absolute Gasteiger partial charge is 0.279 e. The zero-order chi connectivity index (χ0) is 20.3. The fourth-order valence-corrected chi connectivity index (χ4v) is 3.83. The summed E-state index contributed by atoms with van der Waals surface area (Å²) < 4.78 is 5.20. The Morgan fingerprint density at radius 3 is 2.57 bits per heavy atom. The van der Waals surface area contributed by atoms with Gasteiger partial charge in [0, 0.05) is 23.2 Å². The number of likely N-dealkylation sites (tertiary alicyclic amines) is 1. The zero-order valence-corrected chi connectivity index (χ0v) is 17.1. The lowest BCUT2D eigenvalue weighted by atomic mass is 9.71. The van der Waals surface area contributed by atoms with E-state index >= 15 is 0 Å². The van der Waals surface area contributed by atoms with E-state index in [9.17, 15) is 9.59 Å². The average molecular weight is 397 g/mol. The van der Waals surface area contributed by atoms with E-state index in [0.29, 0.717) is 17.7 Å². The number of hydrogen-bond acceptors (Lipinski definition) is 4. The lowest BCUT2D eigenvalue weighted by Crippen LogP contribution is -2.57. The van der Waals surface area contributed by atoms with Gasteiger partial charge in [0.15, 0.2) is 5.78 Å². The average Bonchev–Trinajstić information content (AvgIpc) is 2.69. The van der Waals surface area contributed by atoms with Crippen LogP contribution >= 0.6 is 12.6 Å². The largest absolute Gasteiger partial charge is 0.497 e. The molecule has 1 saturated heterocycles. The van der Waals surface area contributed by atoms with Crippen molar-refractivity contribution in [3.63, 3.8) is 0 Å². The summed E-state index contributed by atoms with van der Waals surface area (Å²) in [6.45, 7) is 4.00. The molecule has 0 N–H and O–H groups in total. The molecule has 1 atom stereocenters. The molecule has 1 aromatic carbocycles. The number of benzene rings is 1. The first-order valence-electron chi connectivity index (χ1n) is 9.12. The van der Waals surface area contributed by atoms with Crippen molar-refractivity contribution in [2.75, 3.05) is 13.7 Å². The maximum Gasteiger partial charge on any atom is 0.279 e. The van der Waals surface area contributed by atoms with Gasteiger partial charge in [0.1, 0.15) is 5.75 Å². The summed E-state index contributed by atoms with van der Waals surface area (Å²) in [5, 5.41) is -0.342. The topological polar surface area (TPSA) is 59.5 Å². The number of ether oxygens (including phenoxy) is 1. The van der Waals surface area contributed by atoms with Gasteiger partial charge in [-0.25, -0.2) is 0 Å². The number of rotatable bonds is 4. The minimum absolute atomic E-state index is 0.0301. The van der Waals surface area contributed by atoms with Crippen LogP contribution in [0.1, 0.15) is 25.1 Å². The molecule has 0 saturated carbocycles. The molecule has 0 bridgehead atoms. The molecule has 1 fully saturated rings. The van der Waals surface area contributed by atoms with Crippen LogP contribution in [0.4, 0.5) is 4.79 Å². The Hall–Kier alpha value is -2.60. The molecule has 1 aliphatic rings. The molecule has 2 heterocycles. The number of aromatic nitrogens is 1. The zero-order valence-electron chi connectivity index (χ0n) is 16.3. The Morgan fingerprint density at radius 1 is 1.29 bits per heavy atom. The van der Waals surface area contributed by atoms with Crippen LogP contribution in [0.5, 0.6) is 5.75 Å². The van der Waals surface area contributed by atoms with Crippen molar-refractivity contribution >= 4 is 29.7 Å². The molecule has 0 spiro atoms. The summed E-state index contributed by atoms with van der Waals surface area (Å²) in [7, 11) is 1.62. The molecule has 1 aromatic heterocycles. The van der Waals surface area contributed by atoms with Gasteiger partial charge in [-0.3, -0.25) is 14.6 Å². The first kappa shape index (κ1) is 20.1. The van der Waals surface area contributed by atoms with E-state index in [-0.39, 0.29) is 23.6 Å². The molecule has 1 unspecified atom stereocenters. The van der Waals surface area contributed by atoms with E-state index in [1.165, 1.54) is 0 Å². The monoisotopic (exact) mass is 396 g/mol. The quantitative estimate of drug-likeness (QED) is 0.626. The molecule has 6 heteroatoms. The predicted molar refractivity (Wildman–Crippen MR) is 113 cm³/mol. The molecule has 146 valence electrons. The van der Waals surface area contributed by atoms with Gasteiger partial charge in [-0.05, 0) is 42.3 Å². The van der Waals surface area contributed by atoms with Gasteiger partial charge in [0.2, 0.25) is 0 Å². The predicted octanol–water partition coefficient (Wildman–Crippen LogP) is 4.05. The minimum Gasteiger partial charge on any atom is -0.497 e. The molecule has 3 rings (SSSR count). The molecule has 1 aliphatic heterocycles. The first-order valence-corrected chi connectivity index (χ1v) is 9.56. The van der Waals surface area contributed by atoms with Gasteiger partial charge >= 0.3 is 0 Å². The van der Waals surface area contributed by atoms with Gasteiger partial charge < -0.3 is 9.64 Å². The SMILES string of the molecule is COc1ccc(CC2N(C(=O)S)C/C(=C/c3ccccn3)C(=O)C2(C)C)cc1. The summed E-state index contributed by atoms with van der Waals surface area (Å²) in [6, 6.07) is 12.9. The van der Waals surface area contributed by atoms with Crippen LogP contribution in [0.25, 0.3) is 6.08 Å². The highest BCUT2D eigenvalue weighted by atomic mass is 32.1. The lowest BCUT2D eigenvalue weighted by molar-refractivity contribution is -0.128. The van der Waals surface area contributed by atoms with Crippen molar-refractivity contribution in [3.05, 3.63) is 65.5 Å². The summed E-state index contributed by atoms with van der Waals surface area (Å²) in [6.07, 6.45) is 4.00. The Morgan fingerprint density at radius 2 is 2.00 bits per heavy atom. The normalized spacial score (nSPS) is 20.3. The lowest BCUT2D eigenvalue weighted by Gasteiger charge is -2.45. The van der Waals surface area contributed by atoms with Crippen LogP contribution in [0, 0.1) is 5.41 Å². The van der Waals surface area contributed by atoms with Crippen molar-refractivity contribution in [1.82, 2.24) is 9.88 Å². The van der Waals surface area contributed by atoms with E-state index in [2.05, 4.69) is 17.6 Å².